The summed E-state index contributed by atoms with van der Waals surface area (Å²) < 4.78 is 14.8. The van der Waals surface area contributed by atoms with Crippen LogP contribution in [0.2, 0.25) is 0 Å². The molecule has 0 amide bonds. The van der Waals surface area contributed by atoms with Gasteiger partial charge in [-0.1, -0.05) is 36.4 Å². The molecule has 0 radical (unpaired) electrons. The third kappa shape index (κ3) is 3.14. The summed E-state index contributed by atoms with van der Waals surface area (Å²) in [6.07, 6.45) is 0. The highest BCUT2D eigenvalue weighted by Crippen LogP contribution is 2.25. The highest BCUT2D eigenvalue weighted by Gasteiger charge is 2.16. The Bertz CT molecular complexity index is 864. The first-order chi connectivity index (χ1) is 11.2. The molecule has 0 aliphatic heterocycles. The summed E-state index contributed by atoms with van der Waals surface area (Å²) in [6, 6.07) is 17.7. The molecule has 0 unspecified atom stereocenters. The average Bonchev–Trinajstić information content (AvgIpc) is 2.83. The summed E-state index contributed by atoms with van der Waals surface area (Å²) >= 11 is 0. The molecule has 0 spiro atoms. The van der Waals surface area contributed by atoms with Gasteiger partial charge in [-0.25, -0.2) is 9.07 Å². The van der Waals surface area contributed by atoms with Crippen molar-refractivity contribution >= 4 is 17.3 Å². The Morgan fingerprint density at radius 1 is 1.17 bits per heavy atom. The number of nitriles is 1. The predicted octanol–water partition coefficient (Wildman–Crippen LogP) is 3.27. The highest BCUT2D eigenvalue weighted by atomic mass is 19.1. The second kappa shape index (κ2) is 6.20. The fourth-order valence-corrected chi connectivity index (χ4v) is 2.25. The molecule has 3 aromatic rings. The molecule has 0 atom stereocenters. The van der Waals surface area contributed by atoms with Crippen molar-refractivity contribution in [2.75, 3.05) is 11.1 Å². The molecule has 23 heavy (non-hydrogen) atoms. The van der Waals surface area contributed by atoms with E-state index in [9.17, 15) is 9.65 Å². The van der Waals surface area contributed by atoms with Crippen LogP contribution in [-0.2, 0) is 6.54 Å². The molecule has 0 bridgehead atoms. The number of nitrogen functional groups attached to an aromatic ring is 1. The number of aromatic nitrogens is 2. The van der Waals surface area contributed by atoms with E-state index >= 15 is 0 Å². The molecule has 2 aromatic carbocycles. The minimum Gasteiger partial charge on any atom is -0.383 e. The van der Waals surface area contributed by atoms with Crippen molar-refractivity contribution in [2.24, 2.45) is 0 Å². The van der Waals surface area contributed by atoms with Crippen LogP contribution in [0.25, 0.3) is 0 Å². The Labute approximate surface area is 132 Å². The first-order valence-electron chi connectivity index (χ1n) is 7.00. The number of nitrogens with one attached hydrogen (secondary N) is 1. The molecule has 114 valence electrons. The normalized spacial score (nSPS) is 10.3. The average molecular weight is 307 g/mol. The van der Waals surface area contributed by atoms with Crippen LogP contribution in [0.4, 0.5) is 21.7 Å². The molecule has 3 rings (SSSR count). The zero-order chi connectivity index (χ0) is 16.2. The van der Waals surface area contributed by atoms with E-state index in [1.165, 1.54) is 12.1 Å². The van der Waals surface area contributed by atoms with Gasteiger partial charge in [-0.05, 0) is 23.8 Å². The van der Waals surface area contributed by atoms with E-state index < -0.39 is 0 Å². The summed E-state index contributed by atoms with van der Waals surface area (Å²) in [7, 11) is 0. The molecule has 0 aliphatic carbocycles. The molecule has 1 aromatic heterocycles. The zero-order valence-corrected chi connectivity index (χ0v) is 12.2. The lowest BCUT2D eigenvalue weighted by Crippen LogP contribution is -2.06. The topological polar surface area (TPSA) is 79.7 Å². The number of anilines is 3. The number of nitrogens with two attached hydrogens (primary N) is 1. The Hall–Kier alpha value is -3.33. The fraction of sp³-hybridized carbons (Fsp3) is 0.0588. The third-order valence-electron chi connectivity index (χ3n) is 3.37. The summed E-state index contributed by atoms with van der Waals surface area (Å²) in [5.41, 5.74) is 7.77. The molecule has 1 heterocycles. The largest absolute Gasteiger partial charge is 0.383 e. The van der Waals surface area contributed by atoms with Gasteiger partial charge in [-0.15, -0.1) is 0 Å². The Kier molecular flexibility index (Phi) is 3.93. The summed E-state index contributed by atoms with van der Waals surface area (Å²) in [5.74, 6) is 0.215. The first kappa shape index (κ1) is 14.6. The lowest BCUT2D eigenvalue weighted by molar-refractivity contribution is 0.628. The van der Waals surface area contributed by atoms with Crippen LogP contribution < -0.4 is 11.1 Å². The minimum absolute atomic E-state index is 0.241. The highest BCUT2D eigenvalue weighted by molar-refractivity contribution is 5.69. The number of rotatable bonds is 4. The van der Waals surface area contributed by atoms with Gasteiger partial charge in [-0.2, -0.15) is 10.4 Å². The van der Waals surface area contributed by atoms with Crippen molar-refractivity contribution < 1.29 is 4.39 Å². The van der Waals surface area contributed by atoms with Crippen molar-refractivity contribution in [2.45, 2.75) is 6.54 Å². The Balaban J connectivity index is 1.92. The van der Waals surface area contributed by atoms with Gasteiger partial charge in [0, 0.05) is 5.69 Å². The summed E-state index contributed by atoms with van der Waals surface area (Å²) in [4.78, 5) is 0. The number of benzene rings is 2. The molecule has 3 N–H and O–H groups in total. The molecule has 0 saturated carbocycles. The van der Waals surface area contributed by atoms with E-state index in [2.05, 4.69) is 10.4 Å². The van der Waals surface area contributed by atoms with Crippen molar-refractivity contribution in [1.29, 1.82) is 5.26 Å². The first-order valence-corrected chi connectivity index (χ1v) is 7.00. The standard InChI is InChI=1S/C17H14FN5/c18-13-7-4-8-14(9-13)21-17-15(10-19)16(20)23(22-17)11-12-5-2-1-3-6-12/h1-9H,11,20H2,(H,21,22). The van der Waals surface area contributed by atoms with Crippen molar-refractivity contribution in [3.8, 4) is 6.07 Å². The van der Waals surface area contributed by atoms with Crippen molar-refractivity contribution in [3.05, 3.63) is 71.5 Å². The second-order valence-electron chi connectivity index (χ2n) is 5.00. The third-order valence-corrected chi connectivity index (χ3v) is 3.37. The smallest absolute Gasteiger partial charge is 0.172 e. The molecular formula is C17H14FN5. The second-order valence-corrected chi connectivity index (χ2v) is 5.00. The maximum atomic E-state index is 13.3. The SMILES string of the molecule is N#Cc1c(Nc2cccc(F)c2)nn(Cc2ccccc2)c1N. The van der Waals surface area contributed by atoms with Crippen LogP contribution in [0.1, 0.15) is 11.1 Å². The maximum Gasteiger partial charge on any atom is 0.172 e. The minimum atomic E-state index is -0.370. The van der Waals surface area contributed by atoms with Gasteiger partial charge in [0.1, 0.15) is 23.3 Å². The van der Waals surface area contributed by atoms with Gasteiger partial charge in [0.05, 0.1) is 6.54 Å². The molecule has 0 fully saturated rings. The maximum absolute atomic E-state index is 13.3. The van der Waals surface area contributed by atoms with Crippen LogP contribution in [0.5, 0.6) is 0 Å². The molecular weight excluding hydrogens is 293 g/mol. The number of halogens is 1. The van der Waals surface area contributed by atoms with E-state index in [-0.39, 0.29) is 17.2 Å². The van der Waals surface area contributed by atoms with Gasteiger partial charge >= 0.3 is 0 Å². The monoisotopic (exact) mass is 307 g/mol. The van der Waals surface area contributed by atoms with Crippen molar-refractivity contribution in [1.82, 2.24) is 9.78 Å². The van der Waals surface area contributed by atoms with Crippen LogP contribution in [0.15, 0.2) is 54.6 Å². The number of hydrogen-bond acceptors (Lipinski definition) is 4. The van der Waals surface area contributed by atoms with E-state index in [1.54, 1.807) is 16.8 Å². The van der Waals surface area contributed by atoms with Crippen LogP contribution in [0, 0.1) is 17.1 Å². The van der Waals surface area contributed by atoms with Crippen molar-refractivity contribution in [3.63, 3.8) is 0 Å². The molecule has 0 aliphatic rings. The zero-order valence-electron chi connectivity index (χ0n) is 12.2. The lowest BCUT2D eigenvalue weighted by atomic mass is 10.2. The van der Waals surface area contributed by atoms with Gasteiger partial charge in [-0.3, -0.25) is 0 Å². The quantitative estimate of drug-likeness (QED) is 0.775. The van der Waals surface area contributed by atoms with Gasteiger partial charge in [0.15, 0.2) is 5.82 Å². The van der Waals surface area contributed by atoms with Gasteiger partial charge < -0.3 is 11.1 Å². The number of nitrogens with zero attached hydrogens (tertiary/aromatic N) is 3. The van der Waals surface area contributed by atoms with Crippen LogP contribution in [-0.4, -0.2) is 9.78 Å². The van der Waals surface area contributed by atoms with E-state index in [1.807, 2.05) is 36.4 Å². The summed E-state index contributed by atoms with van der Waals surface area (Å²) in [6.45, 7) is 0.451. The molecule has 6 heteroatoms. The van der Waals surface area contributed by atoms with E-state index in [0.29, 0.717) is 18.1 Å². The van der Waals surface area contributed by atoms with Crippen LogP contribution in [0.3, 0.4) is 0 Å². The Morgan fingerprint density at radius 2 is 1.96 bits per heavy atom. The van der Waals surface area contributed by atoms with E-state index in [4.69, 9.17) is 5.73 Å². The fourth-order valence-electron chi connectivity index (χ4n) is 2.25. The number of hydrogen-bond donors (Lipinski definition) is 2. The predicted molar refractivity (Wildman–Crippen MR) is 86.6 cm³/mol. The summed E-state index contributed by atoms with van der Waals surface area (Å²) in [5, 5.41) is 16.6. The molecule has 0 saturated heterocycles. The van der Waals surface area contributed by atoms with Gasteiger partial charge in [0.25, 0.3) is 0 Å². The van der Waals surface area contributed by atoms with Gasteiger partial charge in [0.2, 0.25) is 0 Å². The lowest BCUT2D eigenvalue weighted by Gasteiger charge is -2.04. The molecule has 5 nitrogen and oxygen atoms in total. The van der Waals surface area contributed by atoms with E-state index in [0.717, 1.165) is 5.56 Å². The van der Waals surface area contributed by atoms with Crippen LogP contribution >= 0.6 is 0 Å². The Morgan fingerprint density at radius 3 is 2.65 bits per heavy atom.